The molecule has 4 nitrogen and oxygen atoms in total. The van der Waals surface area contributed by atoms with Gasteiger partial charge in [-0.3, -0.25) is 10.1 Å². The molecule has 0 bridgehead atoms. The SMILES string of the molecule is Cc1cccnc1NC(=S)NC(=O)/C=C/c1ccccc1. The van der Waals surface area contributed by atoms with Crippen LogP contribution in [0.1, 0.15) is 11.1 Å². The first kappa shape index (κ1) is 14.9. The normalized spacial score (nSPS) is 10.3. The van der Waals surface area contributed by atoms with Gasteiger partial charge in [-0.05, 0) is 42.4 Å². The quantitative estimate of drug-likeness (QED) is 0.675. The molecule has 5 heteroatoms. The molecule has 2 rings (SSSR count). The van der Waals surface area contributed by atoms with Crippen LogP contribution in [0, 0.1) is 6.92 Å². The maximum atomic E-state index is 11.8. The molecule has 0 atom stereocenters. The largest absolute Gasteiger partial charge is 0.317 e. The zero-order valence-corrected chi connectivity index (χ0v) is 12.4. The van der Waals surface area contributed by atoms with Crippen LogP contribution in [0.25, 0.3) is 6.08 Å². The van der Waals surface area contributed by atoms with Crippen molar-refractivity contribution < 1.29 is 4.79 Å². The van der Waals surface area contributed by atoms with Crippen molar-refractivity contribution in [3.05, 3.63) is 65.9 Å². The van der Waals surface area contributed by atoms with Crippen LogP contribution in [0.4, 0.5) is 5.82 Å². The van der Waals surface area contributed by atoms with E-state index in [1.54, 1.807) is 12.3 Å². The van der Waals surface area contributed by atoms with Gasteiger partial charge in [0.05, 0.1) is 0 Å². The Morgan fingerprint density at radius 1 is 1.19 bits per heavy atom. The smallest absolute Gasteiger partial charge is 0.250 e. The van der Waals surface area contributed by atoms with Crippen molar-refractivity contribution in [1.82, 2.24) is 10.3 Å². The first-order valence-electron chi connectivity index (χ1n) is 6.42. The molecule has 0 saturated carbocycles. The molecular formula is C16H15N3OS. The predicted molar refractivity (Wildman–Crippen MR) is 88.8 cm³/mol. The summed E-state index contributed by atoms with van der Waals surface area (Å²) < 4.78 is 0. The molecule has 2 aromatic rings. The molecule has 0 spiro atoms. The van der Waals surface area contributed by atoms with E-state index < -0.39 is 0 Å². The van der Waals surface area contributed by atoms with Crippen LogP contribution in [-0.2, 0) is 4.79 Å². The van der Waals surface area contributed by atoms with Crippen LogP contribution in [0.3, 0.4) is 0 Å². The lowest BCUT2D eigenvalue weighted by Gasteiger charge is -2.09. The number of hydrogen-bond donors (Lipinski definition) is 2. The Labute approximate surface area is 128 Å². The number of nitrogens with one attached hydrogen (secondary N) is 2. The molecule has 2 N–H and O–H groups in total. The summed E-state index contributed by atoms with van der Waals surface area (Å²) in [5, 5.41) is 5.70. The second-order valence-electron chi connectivity index (χ2n) is 4.36. The summed E-state index contributed by atoms with van der Waals surface area (Å²) in [5.41, 5.74) is 1.90. The van der Waals surface area contributed by atoms with Crippen LogP contribution in [0.15, 0.2) is 54.7 Å². The number of carbonyl (C=O) groups excluding carboxylic acids is 1. The number of nitrogens with zero attached hydrogens (tertiary/aromatic N) is 1. The number of hydrogen-bond acceptors (Lipinski definition) is 3. The van der Waals surface area contributed by atoms with Crippen molar-refractivity contribution in [2.24, 2.45) is 0 Å². The molecule has 0 aliphatic rings. The Kier molecular flexibility index (Phi) is 5.17. The standard InChI is InChI=1S/C16H15N3OS/c1-12-6-5-11-17-15(12)19-16(21)18-14(20)10-9-13-7-3-2-4-8-13/h2-11H,1H3,(H2,17,18,19,20,21)/b10-9+. The predicted octanol–water partition coefficient (Wildman–Crippen LogP) is 2.92. The van der Waals surface area contributed by atoms with Gasteiger partial charge in [-0.1, -0.05) is 36.4 Å². The fourth-order valence-corrected chi connectivity index (χ4v) is 1.84. The van der Waals surface area contributed by atoms with E-state index in [2.05, 4.69) is 15.6 Å². The van der Waals surface area contributed by atoms with Gasteiger partial charge < -0.3 is 5.32 Å². The molecule has 0 fully saturated rings. The van der Waals surface area contributed by atoms with E-state index in [0.29, 0.717) is 5.82 Å². The summed E-state index contributed by atoms with van der Waals surface area (Å²) in [5.74, 6) is 0.347. The Balaban J connectivity index is 1.90. The molecule has 21 heavy (non-hydrogen) atoms. The molecule has 0 aliphatic heterocycles. The average Bonchev–Trinajstić information content (AvgIpc) is 2.48. The van der Waals surface area contributed by atoms with E-state index in [1.807, 2.05) is 49.4 Å². The molecule has 0 saturated heterocycles. The maximum absolute atomic E-state index is 11.8. The number of rotatable bonds is 3. The average molecular weight is 297 g/mol. The minimum atomic E-state index is -0.287. The lowest BCUT2D eigenvalue weighted by Crippen LogP contribution is -2.33. The Morgan fingerprint density at radius 2 is 1.95 bits per heavy atom. The number of carbonyl (C=O) groups is 1. The molecule has 1 heterocycles. The molecular weight excluding hydrogens is 282 g/mol. The molecule has 1 aromatic carbocycles. The summed E-state index contributed by atoms with van der Waals surface area (Å²) in [4.78, 5) is 15.9. The summed E-state index contributed by atoms with van der Waals surface area (Å²) in [6, 6.07) is 13.3. The topological polar surface area (TPSA) is 54.0 Å². The Hall–Kier alpha value is -2.53. The summed E-state index contributed by atoms with van der Waals surface area (Å²) >= 11 is 5.09. The van der Waals surface area contributed by atoms with Crippen LogP contribution in [-0.4, -0.2) is 16.0 Å². The maximum Gasteiger partial charge on any atom is 0.250 e. The number of aromatic nitrogens is 1. The van der Waals surface area contributed by atoms with E-state index in [-0.39, 0.29) is 11.0 Å². The van der Waals surface area contributed by atoms with Gasteiger partial charge >= 0.3 is 0 Å². The highest BCUT2D eigenvalue weighted by Crippen LogP contribution is 2.08. The number of pyridine rings is 1. The minimum Gasteiger partial charge on any atom is -0.317 e. The third kappa shape index (κ3) is 4.81. The monoisotopic (exact) mass is 297 g/mol. The fraction of sp³-hybridized carbons (Fsp3) is 0.0625. The number of anilines is 1. The van der Waals surface area contributed by atoms with Gasteiger partial charge in [0.1, 0.15) is 5.82 Å². The number of aryl methyl sites for hydroxylation is 1. The zero-order chi connectivity index (χ0) is 15.1. The fourth-order valence-electron chi connectivity index (χ4n) is 1.64. The van der Waals surface area contributed by atoms with E-state index in [9.17, 15) is 4.79 Å². The molecule has 0 radical (unpaired) electrons. The van der Waals surface area contributed by atoms with E-state index in [4.69, 9.17) is 12.2 Å². The number of thiocarbonyl (C=S) groups is 1. The van der Waals surface area contributed by atoms with Crippen LogP contribution >= 0.6 is 12.2 Å². The third-order valence-electron chi connectivity index (χ3n) is 2.70. The van der Waals surface area contributed by atoms with E-state index in [0.717, 1.165) is 11.1 Å². The molecule has 1 amide bonds. The molecule has 0 aliphatic carbocycles. The van der Waals surface area contributed by atoms with Crippen molar-refractivity contribution in [1.29, 1.82) is 0 Å². The van der Waals surface area contributed by atoms with Crippen LogP contribution in [0.5, 0.6) is 0 Å². The molecule has 0 unspecified atom stereocenters. The van der Waals surface area contributed by atoms with Crippen molar-refractivity contribution in [3.63, 3.8) is 0 Å². The van der Waals surface area contributed by atoms with Gasteiger partial charge in [0.25, 0.3) is 0 Å². The highest BCUT2D eigenvalue weighted by molar-refractivity contribution is 7.80. The van der Waals surface area contributed by atoms with Gasteiger partial charge in [0.15, 0.2) is 5.11 Å². The van der Waals surface area contributed by atoms with Gasteiger partial charge in [0.2, 0.25) is 5.91 Å². The van der Waals surface area contributed by atoms with Crippen molar-refractivity contribution in [2.45, 2.75) is 6.92 Å². The first-order chi connectivity index (χ1) is 10.1. The highest BCUT2D eigenvalue weighted by Gasteiger charge is 2.04. The minimum absolute atomic E-state index is 0.222. The third-order valence-corrected chi connectivity index (χ3v) is 2.91. The lowest BCUT2D eigenvalue weighted by atomic mass is 10.2. The molecule has 106 valence electrons. The number of amides is 1. The van der Waals surface area contributed by atoms with E-state index in [1.165, 1.54) is 6.08 Å². The van der Waals surface area contributed by atoms with Crippen LogP contribution < -0.4 is 10.6 Å². The zero-order valence-electron chi connectivity index (χ0n) is 11.5. The van der Waals surface area contributed by atoms with Crippen molar-refractivity contribution >= 4 is 35.1 Å². The van der Waals surface area contributed by atoms with Gasteiger partial charge in [0, 0.05) is 12.3 Å². The number of benzene rings is 1. The van der Waals surface area contributed by atoms with Gasteiger partial charge in [-0.25, -0.2) is 4.98 Å². The second kappa shape index (κ2) is 7.31. The Bertz CT molecular complexity index is 668. The highest BCUT2D eigenvalue weighted by atomic mass is 32.1. The van der Waals surface area contributed by atoms with E-state index >= 15 is 0 Å². The van der Waals surface area contributed by atoms with Crippen molar-refractivity contribution in [3.8, 4) is 0 Å². The summed E-state index contributed by atoms with van der Waals surface area (Å²) in [6.07, 6.45) is 4.83. The molecule has 1 aromatic heterocycles. The van der Waals surface area contributed by atoms with Crippen molar-refractivity contribution in [2.75, 3.05) is 5.32 Å². The van der Waals surface area contributed by atoms with Gasteiger partial charge in [-0.2, -0.15) is 0 Å². The second-order valence-corrected chi connectivity index (χ2v) is 4.76. The summed E-state index contributed by atoms with van der Waals surface area (Å²) in [6.45, 7) is 1.91. The summed E-state index contributed by atoms with van der Waals surface area (Å²) in [7, 11) is 0. The lowest BCUT2D eigenvalue weighted by molar-refractivity contribution is -0.115. The first-order valence-corrected chi connectivity index (χ1v) is 6.83. The van der Waals surface area contributed by atoms with Gasteiger partial charge in [-0.15, -0.1) is 0 Å². The Morgan fingerprint density at radius 3 is 2.67 bits per heavy atom. The van der Waals surface area contributed by atoms with Crippen LogP contribution in [0.2, 0.25) is 0 Å².